The van der Waals surface area contributed by atoms with Crippen LogP contribution in [0.5, 0.6) is 0 Å². The van der Waals surface area contributed by atoms with Crippen molar-refractivity contribution in [1.29, 1.82) is 0 Å². The zero-order chi connectivity index (χ0) is 9.54. The first-order valence-corrected chi connectivity index (χ1v) is 5.66. The molecule has 1 heterocycles. The fourth-order valence-corrected chi connectivity index (χ4v) is 3.24. The molecule has 1 radical (unpaired) electrons. The van der Waals surface area contributed by atoms with E-state index in [2.05, 4.69) is 30.3 Å². The third-order valence-electron chi connectivity index (χ3n) is 2.36. The summed E-state index contributed by atoms with van der Waals surface area (Å²) >= 11 is 7.15. The van der Waals surface area contributed by atoms with Crippen molar-refractivity contribution in [2.45, 2.75) is 4.90 Å². The second-order valence-electron chi connectivity index (χ2n) is 3.23. The van der Waals surface area contributed by atoms with E-state index in [1.54, 1.807) is 0 Å². The molecule has 0 N–H and O–H groups in total. The molecule has 0 spiro atoms. The molecule has 2 heteroatoms. The molecule has 0 aliphatic carbocycles. The Labute approximate surface area is 91.6 Å². The first kappa shape index (κ1) is 8.21. The Morgan fingerprint density at radius 1 is 0.857 bits per heavy atom. The number of rotatable bonds is 0. The van der Waals surface area contributed by atoms with Crippen molar-refractivity contribution in [3.8, 4) is 0 Å². The summed E-state index contributed by atoms with van der Waals surface area (Å²) in [5, 5.41) is 2.53. The Kier molecular flexibility index (Phi) is 1.72. The maximum atomic E-state index is 5.34. The fraction of sp³-hybridized carbons (Fsp3) is 0. The van der Waals surface area contributed by atoms with Gasteiger partial charge >= 0.3 is 0 Å². The molecule has 14 heavy (non-hydrogen) atoms. The fourth-order valence-electron chi connectivity index (χ4n) is 1.74. The summed E-state index contributed by atoms with van der Waals surface area (Å²) in [5.41, 5.74) is 0. The van der Waals surface area contributed by atoms with Gasteiger partial charge in [0, 0.05) is 25.1 Å². The maximum absolute atomic E-state index is 5.34. The molecule has 0 nitrogen and oxygen atoms in total. The van der Waals surface area contributed by atoms with Crippen LogP contribution in [0.15, 0.2) is 47.4 Å². The topological polar surface area (TPSA) is 0 Å². The van der Waals surface area contributed by atoms with Crippen molar-refractivity contribution in [2.75, 3.05) is 0 Å². The molecule has 3 rings (SSSR count). The van der Waals surface area contributed by atoms with Gasteiger partial charge in [-0.2, -0.15) is 0 Å². The van der Waals surface area contributed by atoms with Gasteiger partial charge in [0.15, 0.2) is 0 Å². The average molecular weight is 215 g/mol. The highest BCUT2D eigenvalue weighted by Crippen LogP contribution is 2.36. The van der Waals surface area contributed by atoms with Gasteiger partial charge in [-0.3, -0.25) is 0 Å². The summed E-state index contributed by atoms with van der Waals surface area (Å²) in [6, 6.07) is 14.6. The van der Waals surface area contributed by atoms with Gasteiger partial charge in [0.2, 0.25) is 0 Å². The summed E-state index contributed by atoms with van der Waals surface area (Å²) in [7, 11) is 0. The Balaban J connectivity index is 2.65. The smallest absolute Gasteiger partial charge is 0.0470 e. The lowest BCUT2D eigenvalue weighted by atomic mass is 10.1. The van der Waals surface area contributed by atoms with Crippen LogP contribution in [0, 0.1) is 0 Å². The van der Waals surface area contributed by atoms with Gasteiger partial charge in [0.25, 0.3) is 0 Å². The second kappa shape index (κ2) is 2.94. The summed E-state index contributed by atoms with van der Waals surface area (Å²) in [6.45, 7) is 0. The SMILES string of the molecule is [S]c1cccc2sc3ccccc3c12. The van der Waals surface area contributed by atoms with E-state index in [0.717, 1.165) is 4.90 Å². The van der Waals surface area contributed by atoms with Gasteiger partial charge in [0.05, 0.1) is 0 Å². The zero-order valence-corrected chi connectivity index (χ0v) is 8.99. The molecule has 0 aliphatic heterocycles. The van der Waals surface area contributed by atoms with Crippen LogP contribution in [0.2, 0.25) is 0 Å². The van der Waals surface area contributed by atoms with Gasteiger partial charge in [0.1, 0.15) is 0 Å². The van der Waals surface area contributed by atoms with Crippen molar-refractivity contribution < 1.29 is 0 Å². The largest absolute Gasteiger partial charge is 0.135 e. The Morgan fingerprint density at radius 3 is 2.57 bits per heavy atom. The van der Waals surface area contributed by atoms with Gasteiger partial charge in [-0.1, -0.05) is 36.9 Å². The summed E-state index contributed by atoms with van der Waals surface area (Å²) < 4.78 is 2.61. The number of fused-ring (bicyclic) bond motifs is 3. The van der Waals surface area contributed by atoms with Crippen LogP contribution in [0.3, 0.4) is 0 Å². The van der Waals surface area contributed by atoms with Crippen molar-refractivity contribution in [1.82, 2.24) is 0 Å². The van der Waals surface area contributed by atoms with E-state index in [1.807, 2.05) is 23.5 Å². The maximum Gasteiger partial charge on any atom is 0.0470 e. The average Bonchev–Trinajstić information content (AvgIpc) is 2.57. The molecular formula is C12H7S2. The van der Waals surface area contributed by atoms with Crippen LogP contribution in [0.25, 0.3) is 20.2 Å². The third-order valence-corrected chi connectivity index (χ3v) is 3.84. The van der Waals surface area contributed by atoms with E-state index < -0.39 is 0 Å². The van der Waals surface area contributed by atoms with Gasteiger partial charge < -0.3 is 0 Å². The minimum atomic E-state index is 0.958. The van der Waals surface area contributed by atoms with Crippen LogP contribution in [-0.2, 0) is 0 Å². The lowest BCUT2D eigenvalue weighted by Crippen LogP contribution is -1.68. The second-order valence-corrected chi connectivity index (χ2v) is 4.75. The van der Waals surface area contributed by atoms with Crippen LogP contribution in [-0.4, -0.2) is 0 Å². The van der Waals surface area contributed by atoms with Gasteiger partial charge in [-0.05, 0) is 18.2 Å². The lowest BCUT2D eigenvalue weighted by Gasteiger charge is -1.93. The lowest BCUT2D eigenvalue weighted by molar-refractivity contribution is 1.60. The van der Waals surface area contributed by atoms with Crippen molar-refractivity contribution >= 4 is 44.1 Å². The van der Waals surface area contributed by atoms with Crippen LogP contribution < -0.4 is 0 Å². The van der Waals surface area contributed by atoms with E-state index in [4.69, 9.17) is 12.6 Å². The van der Waals surface area contributed by atoms with Gasteiger partial charge in [-0.25, -0.2) is 0 Å². The molecule has 0 aliphatic rings. The molecule has 1 aromatic heterocycles. The molecule has 0 bridgehead atoms. The summed E-state index contributed by atoms with van der Waals surface area (Å²) in [6.07, 6.45) is 0. The van der Waals surface area contributed by atoms with Crippen molar-refractivity contribution in [3.05, 3.63) is 42.5 Å². The van der Waals surface area contributed by atoms with Gasteiger partial charge in [-0.15, -0.1) is 11.3 Å². The van der Waals surface area contributed by atoms with E-state index in [0.29, 0.717) is 0 Å². The summed E-state index contributed by atoms with van der Waals surface area (Å²) in [4.78, 5) is 0.958. The first-order valence-electron chi connectivity index (χ1n) is 4.43. The highest BCUT2D eigenvalue weighted by Gasteiger charge is 2.06. The molecule has 3 aromatic rings. The predicted octanol–water partition coefficient (Wildman–Crippen LogP) is 4.61. The molecule has 0 saturated heterocycles. The minimum absolute atomic E-state index is 0.958. The van der Waals surface area contributed by atoms with Crippen LogP contribution >= 0.6 is 24.0 Å². The Bertz CT molecular complexity index is 608. The molecule has 0 amide bonds. The highest BCUT2D eigenvalue weighted by molar-refractivity contribution is 7.80. The number of hydrogen-bond acceptors (Lipinski definition) is 1. The number of thiophene rings is 1. The molecule has 0 atom stereocenters. The number of benzene rings is 2. The van der Waals surface area contributed by atoms with Crippen LogP contribution in [0.1, 0.15) is 0 Å². The van der Waals surface area contributed by atoms with E-state index >= 15 is 0 Å². The zero-order valence-electron chi connectivity index (χ0n) is 7.36. The molecule has 0 unspecified atom stereocenters. The predicted molar refractivity (Wildman–Crippen MR) is 65.2 cm³/mol. The minimum Gasteiger partial charge on any atom is -0.135 e. The van der Waals surface area contributed by atoms with E-state index in [9.17, 15) is 0 Å². The highest BCUT2D eigenvalue weighted by atomic mass is 32.1. The standard InChI is InChI=1S/C12H7S2/c13-9-5-3-7-11-12(9)8-4-1-2-6-10(8)14-11/h1-7H. The monoisotopic (exact) mass is 215 g/mol. The van der Waals surface area contributed by atoms with E-state index in [-0.39, 0.29) is 0 Å². The van der Waals surface area contributed by atoms with Crippen molar-refractivity contribution in [2.24, 2.45) is 0 Å². The molecule has 2 aromatic carbocycles. The normalized spacial score (nSPS) is 11.1. The van der Waals surface area contributed by atoms with Crippen LogP contribution in [0.4, 0.5) is 0 Å². The molecule has 0 fully saturated rings. The molecular weight excluding hydrogens is 208 g/mol. The summed E-state index contributed by atoms with van der Waals surface area (Å²) in [5.74, 6) is 0. The third kappa shape index (κ3) is 1.04. The Hall–Kier alpha value is -1.12. The quantitative estimate of drug-likeness (QED) is 0.513. The molecule has 0 saturated carbocycles. The van der Waals surface area contributed by atoms with E-state index in [1.165, 1.54) is 20.2 Å². The number of hydrogen-bond donors (Lipinski definition) is 0. The Morgan fingerprint density at radius 2 is 1.64 bits per heavy atom. The first-order chi connectivity index (χ1) is 6.86. The van der Waals surface area contributed by atoms with Crippen molar-refractivity contribution in [3.63, 3.8) is 0 Å². The molecule has 67 valence electrons.